The summed E-state index contributed by atoms with van der Waals surface area (Å²) in [7, 11) is 0. The minimum Gasteiger partial charge on any atom is -0.494 e. The Hall–Kier alpha value is -2.76. The van der Waals surface area contributed by atoms with Gasteiger partial charge in [0.2, 0.25) is 0 Å². The number of nitrogens with one attached hydrogen (secondary N) is 1. The first kappa shape index (κ1) is 17.6. The number of carbonyl (C=O) groups is 2. The van der Waals surface area contributed by atoms with Gasteiger partial charge in [-0.3, -0.25) is 0 Å². The number of hydrogen-bond donors (Lipinski definition) is 1. The van der Waals surface area contributed by atoms with E-state index in [9.17, 15) is 9.59 Å². The number of ether oxygens (including phenoxy) is 3. The molecule has 0 atom stereocenters. The van der Waals surface area contributed by atoms with Crippen LogP contribution in [-0.2, 0) is 19.0 Å². The fourth-order valence-electron chi connectivity index (χ4n) is 2.00. The molecule has 6 heteroatoms. The van der Waals surface area contributed by atoms with Crippen molar-refractivity contribution in [3.8, 4) is 0 Å². The van der Waals surface area contributed by atoms with Crippen molar-refractivity contribution in [3.05, 3.63) is 53.4 Å². The lowest BCUT2D eigenvalue weighted by Crippen LogP contribution is -2.16. The molecule has 0 saturated carbocycles. The third-order valence-corrected chi connectivity index (χ3v) is 3.33. The van der Waals surface area contributed by atoms with Crippen molar-refractivity contribution in [2.45, 2.75) is 20.3 Å². The number of carbonyl (C=O) groups excluding carboxylic acids is 2. The second-order valence-corrected chi connectivity index (χ2v) is 5.21. The maximum absolute atomic E-state index is 11.8. The van der Waals surface area contributed by atoms with Crippen LogP contribution in [0.3, 0.4) is 0 Å². The standard InChI is InChI=1S/C18H21NO5/c1-3-22-17(20)12-24-18(21)15-6-8-16(9-7-15)19-10-14-5-4-13(2)23-11-14/h4,6-10,19H,3,5,11-12H2,1-2H3. The summed E-state index contributed by atoms with van der Waals surface area (Å²) in [5, 5.41) is 3.16. The first-order valence-electron chi connectivity index (χ1n) is 7.75. The zero-order valence-electron chi connectivity index (χ0n) is 13.8. The fourth-order valence-corrected chi connectivity index (χ4v) is 2.00. The minimum atomic E-state index is -0.561. The lowest BCUT2D eigenvalue weighted by Gasteiger charge is -2.15. The van der Waals surface area contributed by atoms with Gasteiger partial charge in [-0.2, -0.15) is 0 Å². The van der Waals surface area contributed by atoms with Crippen LogP contribution < -0.4 is 5.32 Å². The van der Waals surface area contributed by atoms with E-state index in [1.54, 1.807) is 31.2 Å². The van der Waals surface area contributed by atoms with E-state index in [2.05, 4.69) is 5.32 Å². The molecule has 0 saturated heterocycles. The highest BCUT2D eigenvalue weighted by Gasteiger charge is 2.10. The van der Waals surface area contributed by atoms with Gasteiger partial charge in [-0.25, -0.2) is 9.59 Å². The highest BCUT2D eigenvalue weighted by atomic mass is 16.6. The van der Waals surface area contributed by atoms with Crippen LogP contribution in [0.25, 0.3) is 0 Å². The molecular formula is C18H21NO5. The van der Waals surface area contributed by atoms with Gasteiger partial charge in [0.25, 0.3) is 0 Å². The minimum absolute atomic E-state index is 0.257. The molecule has 0 spiro atoms. The molecule has 24 heavy (non-hydrogen) atoms. The summed E-state index contributed by atoms with van der Waals surface area (Å²) < 4.78 is 15.0. The molecule has 2 rings (SSSR count). The Balaban J connectivity index is 1.85. The summed E-state index contributed by atoms with van der Waals surface area (Å²) in [5.41, 5.74) is 2.35. The second-order valence-electron chi connectivity index (χ2n) is 5.21. The molecule has 1 aromatic rings. The van der Waals surface area contributed by atoms with Gasteiger partial charge in [-0.1, -0.05) is 0 Å². The van der Waals surface area contributed by atoms with Crippen LogP contribution in [0, 0.1) is 0 Å². The average molecular weight is 331 g/mol. The molecule has 1 aliphatic rings. The van der Waals surface area contributed by atoms with Gasteiger partial charge < -0.3 is 19.5 Å². The van der Waals surface area contributed by atoms with Crippen LogP contribution in [0.4, 0.5) is 5.69 Å². The van der Waals surface area contributed by atoms with Gasteiger partial charge in [-0.15, -0.1) is 0 Å². The van der Waals surface area contributed by atoms with Gasteiger partial charge in [0.05, 0.1) is 17.9 Å². The summed E-state index contributed by atoms with van der Waals surface area (Å²) in [4.78, 5) is 23.0. The van der Waals surface area contributed by atoms with Crippen LogP contribution in [0.1, 0.15) is 30.6 Å². The Morgan fingerprint density at radius 1 is 1.25 bits per heavy atom. The maximum atomic E-state index is 11.8. The molecule has 1 heterocycles. The molecule has 0 fully saturated rings. The van der Waals surface area contributed by atoms with Crippen LogP contribution in [-0.4, -0.2) is 31.8 Å². The first-order valence-corrected chi connectivity index (χ1v) is 7.75. The van der Waals surface area contributed by atoms with E-state index in [4.69, 9.17) is 14.2 Å². The van der Waals surface area contributed by atoms with Gasteiger partial charge in [0.15, 0.2) is 6.61 Å². The molecule has 6 nitrogen and oxygen atoms in total. The van der Waals surface area contributed by atoms with Crippen molar-refractivity contribution in [1.82, 2.24) is 0 Å². The van der Waals surface area contributed by atoms with Crippen LogP contribution in [0.2, 0.25) is 0 Å². The Morgan fingerprint density at radius 3 is 2.62 bits per heavy atom. The predicted molar refractivity (Wildman–Crippen MR) is 89.4 cm³/mol. The highest BCUT2D eigenvalue weighted by molar-refractivity contribution is 5.91. The molecule has 0 amide bonds. The number of anilines is 1. The van der Waals surface area contributed by atoms with E-state index < -0.39 is 11.9 Å². The summed E-state index contributed by atoms with van der Waals surface area (Å²) in [6, 6.07) is 6.80. The monoisotopic (exact) mass is 331 g/mol. The van der Waals surface area contributed by atoms with Crippen molar-refractivity contribution < 1.29 is 23.8 Å². The van der Waals surface area contributed by atoms with Crippen LogP contribution in [0.15, 0.2) is 47.9 Å². The molecule has 1 aromatic carbocycles. The molecule has 0 aromatic heterocycles. The third kappa shape index (κ3) is 5.46. The van der Waals surface area contributed by atoms with E-state index in [-0.39, 0.29) is 13.2 Å². The molecule has 0 unspecified atom stereocenters. The molecular weight excluding hydrogens is 310 g/mol. The lowest BCUT2D eigenvalue weighted by atomic mass is 10.1. The summed E-state index contributed by atoms with van der Waals surface area (Å²) in [6.07, 6.45) is 4.79. The Labute approximate surface area is 141 Å². The van der Waals surface area contributed by atoms with Gasteiger partial charge in [0.1, 0.15) is 6.61 Å². The van der Waals surface area contributed by atoms with Crippen molar-refractivity contribution in [2.24, 2.45) is 0 Å². The van der Waals surface area contributed by atoms with Crippen molar-refractivity contribution in [1.29, 1.82) is 0 Å². The average Bonchev–Trinajstić information content (AvgIpc) is 2.60. The normalized spacial score (nSPS) is 15.2. The zero-order valence-corrected chi connectivity index (χ0v) is 13.8. The number of benzene rings is 1. The first-order chi connectivity index (χ1) is 11.6. The fraction of sp³-hybridized carbons (Fsp3) is 0.333. The lowest BCUT2D eigenvalue weighted by molar-refractivity contribution is -0.146. The molecule has 0 aliphatic carbocycles. The SMILES string of the molecule is CCOC(=O)COC(=O)c1ccc(NC=C2CC=C(C)OC2)cc1. The van der Waals surface area contributed by atoms with E-state index in [0.29, 0.717) is 12.2 Å². The van der Waals surface area contributed by atoms with Crippen molar-refractivity contribution in [2.75, 3.05) is 25.1 Å². The molecule has 1 N–H and O–H groups in total. The summed E-state index contributed by atoms with van der Waals surface area (Å²) in [5.74, 6) is -0.179. The second kappa shape index (κ2) is 8.76. The quantitative estimate of drug-likeness (QED) is 0.808. The summed E-state index contributed by atoms with van der Waals surface area (Å²) >= 11 is 0. The van der Waals surface area contributed by atoms with Crippen molar-refractivity contribution in [3.63, 3.8) is 0 Å². The molecule has 0 radical (unpaired) electrons. The molecule has 1 aliphatic heterocycles. The highest BCUT2D eigenvalue weighted by Crippen LogP contribution is 2.16. The predicted octanol–water partition coefficient (Wildman–Crippen LogP) is 3.03. The smallest absolute Gasteiger partial charge is 0.344 e. The van der Waals surface area contributed by atoms with Crippen LogP contribution in [0.5, 0.6) is 0 Å². The Bertz CT molecular complexity index is 646. The Kier molecular flexibility index (Phi) is 6.42. The zero-order chi connectivity index (χ0) is 17.4. The number of rotatable bonds is 6. The van der Waals surface area contributed by atoms with Gasteiger partial charge >= 0.3 is 11.9 Å². The number of esters is 2. The van der Waals surface area contributed by atoms with Crippen LogP contribution >= 0.6 is 0 Å². The summed E-state index contributed by atoms with van der Waals surface area (Å²) in [6.45, 7) is 4.08. The third-order valence-electron chi connectivity index (χ3n) is 3.33. The molecule has 128 valence electrons. The van der Waals surface area contributed by atoms with E-state index >= 15 is 0 Å². The number of allylic oxidation sites excluding steroid dienone is 2. The Morgan fingerprint density at radius 2 is 2.00 bits per heavy atom. The van der Waals surface area contributed by atoms with Crippen molar-refractivity contribution >= 4 is 17.6 Å². The van der Waals surface area contributed by atoms with E-state index in [1.165, 1.54) is 0 Å². The van der Waals surface area contributed by atoms with E-state index in [0.717, 1.165) is 23.4 Å². The number of hydrogen-bond acceptors (Lipinski definition) is 6. The molecule has 0 bridgehead atoms. The van der Waals surface area contributed by atoms with E-state index in [1.807, 2.05) is 19.2 Å². The van der Waals surface area contributed by atoms with Gasteiger partial charge in [0, 0.05) is 11.9 Å². The largest absolute Gasteiger partial charge is 0.494 e. The van der Waals surface area contributed by atoms with Gasteiger partial charge in [-0.05, 0) is 56.2 Å². The topological polar surface area (TPSA) is 73.9 Å². The maximum Gasteiger partial charge on any atom is 0.344 e.